The molecule has 0 aliphatic rings. The van der Waals surface area contributed by atoms with Gasteiger partial charge >= 0.3 is 12.1 Å². The third-order valence-electron chi connectivity index (χ3n) is 1.07. The van der Waals surface area contributed by atoms with E-state index in [0.29, 0.717) is 0 Å². The fraction of sp³-hybridized carbons (Fsp3) is 0.375. The SMILES string of the molecule is C=C(C)C(=O)ON(N=C=O)C(=O)OCC. The number of amides is 1. The molecule has 0 heterocycles. The van der Waals surface area contributed by atoms with E-state index in [4.69, 9.17) is 0 Å². The van der Waals surface area contributed by atoms with E-state index in [-0.39, 0.29) is 17.4 Å². The second-order valence-electron chi connectivity index (χ2n) is 2.32. The second-order valence-corrected chi connectivity index (χ2v) is 2.32. The normalized spacial score (nSPS) is 8.40. The third kappa shape index (κ3) is 4.58. The van der Waals surface area contributed by atoms with Crippen molar-refractivity contribution in [2.45, 2.75) is 13.8 Å². The highest BCUT2D eigenvalue weighted by atomic mass is 16.8. The van der Waals surface area contributed by atoms with Crippen molar-refractivity contribution in [1.29, 1.82) is 0 Å². The van der Waals surface area contributed by atoms with Gasteiger partial charge in [-0.25, -0.2) is 14.4 Å². The maximum Gasteiger partial charge on any atom is 0.466 e. The second kappa shape index (κ2) is 6.33. The van der Waals surface area contributed by atoms with Crippen molar-refractivity contribution in [3.8, 4) is 0 Å². The van der Waals surface area contributed by atoms with Gasteiger partial charge in [0.25, 0.3) is 6.08 Å². The lowest BCUT2D eigenvalue weighted by molar-refractivity contribution is -0.176. The number of hydrogen-bond donors (Lipinski definition) is 0. The first kappa shape index (κ1) is 12.9. The first-order valence-electron chi connectivity index (χ1n) is 3.95. The lowest BCUT2D eigenvalue weighted by Crippen LogP contribution is -2.29. The van der Waals surface area contributed by atoms with E-state index in [1.165, 1.54) is 6.92 Å². The molecule has 0 aliphatic carbocycles. The van der Waals surface area contributed by atoms with Crippen LogP contribution in [0.25, 0.3) is 0 Å². The molecule has 0 aromatic rings. The topological polar surface area (TPSA) is 85.3 Å². The summed E-state index contributed by atoms with van der Waals surface area (Å²) in [4.78, 5) is 36.3. The van der Waals surface area contributed by atoms with Crippen molar-refractivity contribution < 1.29 is 24.0 Å². The zero-order valence-corrected chi connectivity index (χ0v) is 8.35. The van der Waals surface area contributed by atoms with Gasteiger partial charge < -0.3 is 9.57 Å². The average Bonchev–Trinajstić information content (AvgIpc) is 2.17. The standard InChI is InChI=1S/C8H10N2O5/c1-4-14-8(13)10(9-5-11)15-7(12)6(2)3/h2,4H2,1,3H3. The van der Waals surface area contributed by atoms with Crippen LogP contribution in [-0.2, 0) is 19.2 Å². The van der Waals surface area contributed by atoms with Crippen LogP contribution >= 0.6 is 0 Å². The van der Waals surface area contributed by atoms with Crippen molar-refractivity contribution in [3.63, 3.8) is 0 Å². The average molecular weight is 214 g/mol. The molecule has 1 amide bonds. The van der Waals surface area contributed by atoms with E-state index in [1.807, 2.05) is 0 Å². The Morgan fingerprint density at radius 1 is 1.53 bits per heavy atom. The number of carbonyl (C=O) groups is 2. The minimum atomic E-state index is -1.09. The van der Waals surface area contributed by atoms with E-state index < -0.39 is 12.1 Å². The summed E-state index contributed by atoms with van der Waals surface area (Å²) in [6.45, 7) is 6.24. The molecule has 15 heavy (non-hydrogen) atoms. The molecular weight excluding hydrogens is 204 g/mol. The largest absolute Gasteiger partial charge is 0.466 e. The van der Waals surface area contributed by atoms with Gasteiger partial charge in [-0.3, -0.25) is 0 Å². The summed E-state index contributed by atoms with van der Waals surface area (Å²) in [6, 6.07) is 0. The third-order valence-corrected chi connectivity index (χ3v) is 1.07. The molecular formula is C8H10N2O5. The predicted octanol–water partition coefficient (Wildman–Crippen LogP) is 0.730. The number of rotatable bonds is 3. The van der Waals surface area contributed by atoms with Crippen molar-refractivity contribution in [2.24, 2.45) is 5.10 Å². The number of hydroxylamine groups is 1. The summed E-state index contributed by atoms with van der Waals surface area (Å²) >= 11 is 0. The van der Waals surface area contributed by atoms with Gasteiger partial charge in [-0.15, -0.1) is 0 Å². The Morgan fingerprint density at radius 3 is 2.53 bits per heavy atom. The zero-order valence-electron chi connectivity index (χ0n) is 8.35. The highest BCUT2D eigenvalue weighted by Crippen LogP contribution is 2.00. The van der Waals surface area contributed by atoms with Crippen LogP contribution in [0.3, 0.4) is 0 Å². The molecule has 7 nitrogen and oxygen atoms in total. The maximum atomic E-state index is 11.0. The number of hydrogen-bond acceptors (Lipinski definition) is 6. The lowest BCUT2D eigenvalue weighted by atomic mass is 10.4. The molecule has 0 aromatic heterocycles. The van der Waals surface area contributed by atoms with Gasteiger partial charge in [0.2, 0.25) is 0 Å². The van der Waals surface area contributed by atoms with Crippen LogP contribution in [0.2, 0.25) is 0 Å². The number of hydrazone groups is 1. The minimum absolute atomic E-state index is 0.0467. The Hall–Kier alpha value is -2.14. The van der Waals surface area contributed by atoms with Gasteiger partial charge in [0.05, 0.1) is 6.61 Å². The van der Waals surface area contributed by atoms with Crippen molar-refractivity contribution >= 4 is 18.1 Å². The molecule has 0 saturated carbocycles. The number of isocyanates is 1. The Bertz CT molecular complexity index is 319. The van der Waals surface area contributed by atoms with Crippen LogP contribution in [0.15, 0.2) is 17.3 Å². The number of carbonyl (C=O) groups excluding carboxylic acids is 3. The van der Waals surface area contributed by atoms with Crippen molar-refractivity contribution in [3.05, 3.63) is 12.2 Å². The molecule has 0 aliphatic heterocycles. The van der Waals surface area contributed by atoms with Crippen molar-refractivity contribution in [2.75, 3.05) is 6.61 Å². The van der Waals surface area contributed by atoms with Gasteiger partial charge in [-0.05, 0) is 24.1 Å². The van der Waals surface area contributed by atoms with Crippen LogP contribution in [0, 0.1) is 0 Å². The Balaban J connectivity index is 4.54. The first-order valence-corrected chi connectivity index (χ1v) is 3.95. The molecule has 0 rings (SSSR count). The van der Waals surface area contributed by atoms with Crippen LogP contribution in [-0.4, -0.2) is 29.9 Å². The predicted molar refractivity (Wildman–Crippen MR) is 47.9 cm³/mol. The fourth-order valence-electron chi connectivity index (χ4n) is 0.471. The van der Waals surface area contributed by atoms with E-state index in [0.717, 1.165) is 6.08 Å². The summed E-state index contributed by atoms with van der Waals surface area (Å²) in [7, 11) is 0. The zero-order chi connectivity index (χ0) is 11.8. The summed E-state index contributed by atoms with van der Waals surface area (Å²) < 4.78 is 4.44. The van der Waals surface area contributed by atoms with E-state index >= 15 is 0 Å². The van der Waals surface area contributed by atoms with Gasteiger partial charge in [-0.2, -0.15) is 0 Å². The van der Waals surface area contributed by atoms with E-state index in [2.05, 4.69) is 21.3 Å². The van der Waals surface area contributed by atoms with E-state index in [1.54, 1.807) is 6.92 Å². The summed E-state index contributed by atoms with van der Waals surface area (Å²) in [5.41, 5.74) is 0.0467. The quantitative estimate of drug-likeness (QED) is 0.299. The lowest BCUT2D eigenvalue weighted by Gasteiger charge is -2.12. The molecule has 0 fully saturated rings. The summed E-state index contributed by atoms with van der Waals surface area (Å²) in [5, 5.41) is 2.94. The Labute approximate surface area is 85.9 Å². The Kier molecular flexibility index (Phi) is 5.43. The van der Waals surface area contributed by atoms with E-state index in [9.17, 15) is 14.4 Å². The summed E-state index contributed by atoms with van der Waals surface area (Å²) in [6.07, 6.45) is -0.0429. The first-order chi connectivity index (χ1) is 7.02. The van der Waals surface area contributed by atoms with Gasteiger partial charge in [0.1, 0.15) is 0 Å². The molecule has 0 spiro atoms. The summed E-state index contributed by atoms with van der Waals surface area (Å²) in [5.74, 6) is -0.901. The molecule has 0 atom stereocenters. The maximum absolute atomic E-state index is 11.0. The van der Waals surface area contributed by atoms with Crippen LogP contribution in [0.1, 0.15) is 13.8 Å². The fourth-order valence-corrected chi connectivity index (χ4v) is 0.471. The molecule has 7 heteroatoms. The monoisotopic (exact) mass is 214 g/mol. The molecule has 0 bridgehead atoms. The van der Waals surface area contributed by atoms with Crippen molar-refractivity contribution in [1.82, 2.24) is 5.17 Å². The highest BCUT2D eigenvalue weighted by Gasteiger charge is 2.19. The van der Waals surface area contributed by atoms with Crippen LogP contribution in [0.4, 0.5) is 4.79 Å². The van der Waals surface area contributed by atoms with Gasteiger partial charge in [0, 0.05) is 5.57 Å². The molecule has 0 radical (unpaired) electrons. The van der Waals surface area contributed by atoms with Gasteiger partial charge in [-0.1, -0.05) is 6.58 Å². The molecule has 0 N–H and O–H groups in total. The molecule has 0 unspecified atom stereocenters. The number of nitrogens with zero attached hydrogens (tertiary/aromatic N) is 2. The van der Waals surface area contributed by atoms with Crippen LogP contribution in [0.5, 0.6) is 0 Å². The molecule has 0 aromatic carbocycles. The molecule has 0 saturated heterocycles. The van der Waals surface area contributed by atoms with Gasteiger partial charge in [0.15, 0.2) is 0 Å². The highest BCUT2D eigenvalue weighted by molar-refractivity contribution is 5.87. The smallest absolute Gasteiger partial charge is 0.446 e. The molecule has 82 valence electrons. The number of ether oxygens (including phenoxy) is 1. The van der Waals surface area contributed by atoms with Crippen LogP contribution < -0.4 is 0 Å². The Morgan fingerprint density at radius 2 is 2.13 bits per heavy atom. The minimum Gasteiger partial charge on any atom is -0.446 e.